The van der Waals surface area contributed by atoms with Crippen LogP contribution in [0.3, 0.4) is 0 Å². The van der Waals surface area contributed by atoms with Gasteiger partial charge in [-0.05, 0) is 54.9 Å². The fourth-order valence-electron chi connectivity index (χ4n) is 2.19. The number of hydrogen-bond donors (Lipinski definition) is 1. The van der Waals surface area contributed by atoms with Crippen LogP contribution in [0, 0.1) is 5.92 Å². The topological polar surface area (TPSA) is 46.3 Å². The summed E-state index contributed by atoms with van der Waals surface area (Å²) in [6, 6.07) is 5.52. The zero-order valence-electron chi connectivity index (χ0n) is 11.1. The summed E-state index contributed by atoms with van der Waals surface area (Å²) in [5, 5.41) is 0. The highest BCUT2D eigenvalue weighted by Gasteiger charge is 2.29. The van der Waals surface area contributed by atoms with Crippen LogP contribution in [-0.4, -0.2) is 35.9 Å². The largest absolute Gasteiger partial charge is 0.446 e. The van der Waals surface area contributed by atoms with E-state index in [1.807, 2.05) is 0 Å². The predicted octanol–water partition coefficient (Wildman–Crippen LogP) is 3.14. The van der Waals surface area contributed by atoms with Gasteiger partial charge in [-0.2, -0.15) is 13.2 Å². The monoisotopic (exact) mass is 340 g/mol. The normalized spacial score (nSPS) is 18.5. The molecule has 1 atom stereocenters. The molecule has 2 rings (SSSR count). The van der Waals surface area contributed by atoms with Gasteiger partial charge < -0.3 is 10.6 Å². The Kier molecular flexibility index (Phi) is 6.37. The summed E-state index contributed by atoms with van der Waals surface area (Å²) < 4.78 is 36.6. The molecule has 1 aliphatic heterocycles. The number of amides is 1. The third-order valence-electron chi connectivity index (χ3n) is 3.24. The maximum atomic E-state index is 12.2. The van der Waals surface area contributed by atoms with E-state index in [1.54, 1.807) is 4.90 Å². The summed E-state index contributed by atoms with van der Waals surface area (Å²) in [6.45, 7) is 1.82. The molecule has 2 N–H and O–H groups in total. The summed E-state index contributed by atoms with van der Waals surface area (Å²) in [5.41, 5.74) is 1.67. The van der Waals surface area contributed by atoms with Gasteiger partial charge in [0.25, 0.3) is 5.91 Å². The zero-order valence-corrected chi connectivity index (χ0v) is 12.7. The predicted molar refractivity (Wildman–Crippen MR) is 78.7 cm³/mol. The zero-order chi connectivity index (χ0) is 14.8. The summed E-state index contributed by atoms with van der Waals surface area (Å²) in [7, 11) is 0. The number of carbonyl (C=O) groups excluding carboxylic acids is 1. The Labute approximate surface area is 131 Å². The van der Waals surface area contributed by atoms with Crippen molar-refractivity contribution in [1.82, 2.24) is 4.90 Å². The smallest absolute Gasteiger partial charge is 0.338 e. The van der Waals surface area contributed by atoms with Crippen molar-refractivity contribution in [3.63, 3.8) is 0 Å². The molecular weight excluding hydrogens is 325 g/mol. The summed E-state index contributed by atoms with van der Waals surface area (Å²) in [5.74, 6) is 0.170. The van der Waals surface area contributed by atoms with Crippen LogP contribution in [0.25, 0.3) is 0 Å². The lowest BCUT2D eigenvalue weighted by molar-refractivity contribution is -0.0328. The number of carbonyl (C=O) groups is 1. The highest BCUT2D eigenvalue weighted by atomic mass is 35.5. The molecule has 0 saturated carbocycles. The summed E-state index contributed by atoms with van der Waals surface area (Å²) in [4.78, 5) is 13.9. The van der Waals surface area contributed by atoms with Gasteiger partial charge in [0.1, 0.15) is 0 Å². The molecule has 8 heteroatoms. The van der Waals surface area contributed by atoms with Gasteiger partial charge in [-0.25, -0.2) is 0 Å². The van der Waals surface area contributed by atoms with E-state index in [-0.39, 0.29) is 35.0 Å². The number of nitrogens with two attached hydrogens (primary N) is 1. The highest BCUT2D eigenvalue weighted by molar-refractivity contribution is 8.00. The Morgan fingerprint density at radius 3 is 2.43 bits per heavy atom. The molecule has 21 heavy (non-hydrogen) atoms. The van der Waals surface area contributed by atoms with E-state index in [2.05, 4.69) is 0 Å². The van der Waals surface area contributed by atoms with Crippen molar-refractivity contribution in [2.45, 2.75) is 16.8 Å². The quantitative estimate of drug-likeness (QED) is 0.860. The van der Waals surface area contributed by atoms with Crippen molar-refractivity contribution in [3.05, 3.63) is 29.8 Å². The number of likely N-dealkylation sites (tertiary alicyclic amines) is 1. The Balaban J connectivity index is 0.00000220. The molecular formula is C13H16ClF3N2OS. The van der Waals surface area contributed by atoms with E-state index in [9.17, 15) is 18.0 Å². The van der Waals surface area contributed by atoms with Crippen LogP contribution in [0.4, 0.5) is 13.2 Å². The molecule has 1 unspecified atom stereocenters. The Morgan fingerprint density at radius 1 is 1.33 bits per heavy atom. The molecule has 1 aromatic rings. The Hall–Kier alpha value is -0.920. The fraction of sp³-hybridized carbons (Fsp3) is 0.462. The number of thioether (sulfide) groups is 1. The SMILES string of the molecule is Cl.NCC1CCN(C(=O)c2ccc(SC(F)(F)F)cc2)C1. The summed E-state index contributed by atoms with van der Waals surface area (Å²) >= 11 is -0.184. The third-order valence-corrected chi connectivity index (χ3v) is 3.98. The van der Waals surface area contributed by atoms with Crippen molar-refractivity contribution in [3.8, 4) is 0 Å². The molecule has 1 aliphatic rings. The van der Waals surface area contributed by atoms with E-state index in [4.69, 9.17) is 5.73 Å². The number of rotatable bonds is 3. The molecule has 0 aromatic heterocycles. The van der Waals surface area contributed by atoms with Gasteiger partial charge in [0.2, 0.25) is 0 Å². The molecule has 0 bridgehead atoms. The van der Waals surface area contributed by atoms with Crippen LogP contribution in [0.1, 0.15) is 16.8 Å². The van der Waals surface area contributed by atoms with Crippen LogP contribution >= 0.6 is 24.2 Å². The van der Waals surface area contributed by atoms with E-state index < -0.39 is 5.51 Å². The van der Waals surface area contributed by atoms with Gasteiger partial charge in [-0.3, -0.25) is 4.79 Å². The van der Waals surface area contributed by atoms with Crippen molar-refractivity contribution >= 4 is 30.1 Å². The van der Waals surface area contributed by atoms with E-state index >= 15 is 0 Å². The lowest BCUT2D eigenvalue weighted by Crippen LogP contribution is -2.29. The van der Waals surface area contributed by atoms with Crippen LogP contribution in [0.5, 0.6) is 0 Å². The van der Waals surface area contributed by atoms with Crippen LogP contribution in [0.15, 0.2) is 29.2 Å². The average Bonchev–Trinajstić information content (AvgIpc) is 2.85. The Bertz CT molecular complexity index is 481. The van der Waals surface area contributed by atoms with Gasteiger partial charge in [0.05, 0.1) is 0 Å². The second kappa shape index (κ2) is 7.38. The minimum atomic E-state index is -4.31. The molecule has 0 spiro atoms. The molecule has 0 radical (unpaired) electrons. The second-order valence-electron chi connectivity index (χ2n) is 4.71. The standard InChI is InChI=1S/C13H15F3N2OS.ClH/c14-13(15,16)20-11-3-1-10(2-4-11)12(19)18-6-5-9(7-17)8-18;/h1-4,9H,5-8,17H2;1H. The number of benzene rings is 1. The maximum Gasteiger partial charge on any atom is 0.446 e. The molecule has 3 nitrogen and oxygen atoms in total. The fourth-order valence-corrected chi connectivity index (χ4v) is 2.73. The molecule has 1 amide bonds. The van der Waals surface area contributed by atoms with E-state index in [0.29, 0.717) is 31.1 Å². The van der Waals surface area contributed by atoms with Gasteiger partial charge in [0.15, 0.2) is 0 Å². The highest BCUT2D eigenvalue weighted by Crippen LogP contribution is 2.36. The minimum absolute atomic E-state index is 0. The molecule has 1 fully saturated rings. The van der Waals surface area contributed by atoms with Crippen LogP contribution < -0.4 is 5.73 Å². The number of nitrogens with zero attached hydrogens (tertiary/aromatic N) is 1. The number of alkyl halides is 3. The first-order chi connectivity index (χ1) is 9.39. The molecule has 118 valence electrons. The first kappa shape index (κ1) is 18.1. The molecule has 0 aliphatic carbocycles. The van der Waals surface area contributed by atoms with Gasteiger partial charge in [-0.15, -0.1) is 12.4 Å². The van der Waals surface area contributed by atoms with E-state index in [0.717, 1.165) is 6.42 Å². The molecule has 1 saturated heterocycles. The Morgan fingerprint density at radius 2 is 1.95 bits per heavy atom. The van der Waals surface area contributed by atoms with Crippen molar-refractivity contribution in [2.24, 2.45) is 11.7 Å². The van der Waals surface area contributed by atoms with Gasteiger partial charge >= 0.3 is 5.51 Å². The molecule has 1 heterocycles. The number of halogens is 4. The van der Waals surface area contributed by atoms with E-state index in [1.165, 1.54) is 24.3 Å². The van der Waals surface area contributed by atoms with Gasteiger partial charge in [-0.1, -0.05) is 0 Å². The first-order valence-corrected chi connectivity index (χ1v) is 7.06. The lowest BCUT2D eigenvalue weighted by Gasteiger charge is -2.16. The van der Waals surface area contributed by atoms with Crippen molar-refractivity contribution in [1.29, 1.82) is 0 Å². The minimum Gasteiger partial charge on any atom is -0.338 e. The summed E-state index contributed by atoms with van der Waals surface area (Å²) in [6.07, 6.45) is 0.879. The second-order valence-corrected chi connectivity index (χ2v) is 5.85. The molecule has 1 aromatic carbocycles. The van der Waals surface area contributed by atoms with Crippen LogP contribution in [-0.2, 0) is 0 Å². The van der Waals surface area contributed by atoms with Crippen LogP contribution in [0.2, 0.25) is 0 Å². The first-order valence-electron chi connectivity index (χ1n) is 6.24. The van der Waals surface area contributed by atoms with Crippen molar-refractivity contribution in [2.75, 3.05) is 19.6 Å². The maximum absolute atomic E-state index is 12.2. The lowest BCUT2D eigenvalue weighted by atomic mass is 10.1. The number of hydrogen-bond acceptors (Lipinski definition) is 3. The third kappa shape index (κ3) is 5.09. The van der Waals surface area contributed by atoms with Crippen molar-refractivity contribution < 1.29 is 18.0 Å². The van der Waals surface area contributed by atoms with Gasteiger partial charge in [0, 0.05) is 23.5 Å². The average molecular weight is 341 g/mol.